The fourth-order valence-corrected chi connectivity index (χ4v) is 4.76. The van der Waals surface area contributed by atoms with Crippen molar-refractivity contribution in [1.82, 2.24) is 5.32 Å². The number of nitrogens with one attached hydrogen (secondary N) is 1. The van der Waals surface area contributed by atoms with Crippen molar-refractivity contribution in [3.8, 4) is 0 Å². The molecular formula is C18H22FNS. The molecule has 1 N–H and O–H groups in total. The van der Waals surface area contributed by atoms with Crippen molar-refractivity contribution in [3.63, 3.8) is 0 Å². The molecule has 0 saturated carbocycles. The highest BCUT2D eigenvalue weighted by atomic mass is 32.1. The highest BCUT2D eigenvalue weighted by Crippen LogP contribution is 2.37. The first kappa shape index (κ1) is 14.7. The van der Waals surface area contributed by atoms with E-state index < -0.39 is 0 Å². The monoisotopic (exact) mass is 303 g/mol. The molecule has 1 atom stereocenters. The summed E-state index contributed by atoms with van der Waals surface area (Å²) in [6, 6.07) is 5.84. The summed E-state index contributed by atoms with van der Waals surface area (Å²) in [5, 5.41) is 3.59. The van der Waals surface area contributed by atoms with Crippen LogP contribution >= 0.6 is 11.3 Å². The van der Waals surface area contributed by atoms with Crippen molar-refractivity contribution >= 4 is 11.3 Å². The number of hydrogen-bond donors (Lipinski definition) is 1. The van der Waals surface area contributed by atoms with Gasteiger partial charge >= 0.3 is 0 Å². The van der Waals surface area contributed by atoms with Gasteiger partial charge in [0.2, 0.25) is 0 Å². The third-order valence-electron chi connectivity index (χ3n) is 4.31. The molecule has 0 aliphatic heterocycles. The Morgan fingerprint density at radius 2 is 1.90 bits per heavy atom. The third kappa shape index (κ3) is 2.77. The molecule has 1 aliphatic rings. The van der Waals surface area contributed by atoms with Gasteiger partial charge in [-0.3, -0.25) is 0 Å². The Morgan fingerprint density at radius 1 is 1.19 bits per heavy atom. The summed E-state index contributed by atoms with van der Waals surface area (Å²) in [6.07, 6.45) is 3.73. The number of fused-ring (bicyclic) bond motifs is 1. The zero-order chi connectivity index (χ0) is 15.0. The summed E-state index contributed by atoms with van der Waals surface area (Å²) in [4.78, 5) is 2.92. The molecule has 3 heteroatoms. The molecule has 1 aromatic heterocycles. The second-order valence-electron chi connectivity index (χ2n) is 5.89. The highest BCUT2D eigenvalue weighted by Gasteiger charge is 2.23. The van der Waals surface area contributed by atoms with Crippen LogP contribution < -0.4 is 5.32 Å². The maximum absolute atomic E-state index is 13.6. The van der Waals surface area contributed by atoms with Gasteiger partial charge in [0, 0.05) is 9.75 Å². The molecule has 0 bridgehead atoms. The van der Waals surface area contributed by atoms with Crippen molar-refractivity contribution < 1.29 is 4.39 Å². The standard InChI is InChI=1S/C18H22FNS/c1-4-20-18(16-10-13-6-5-7-15(13)21-16)17-11(2)8-14(19)9-12(17)3/h8-10,18,20H,4-7H2,1-3H3. The van der Waals surface area contributed by atoms with Crippen LogP contribution in [0.2, 0.25) is 0 Å². The number of thiophene rings is 1. The van der Waals surface area contributed by atoms with Crippen molar-refractivity contribution in [2.24, 2.45) is 0 Å². The minimum atomic E-state index is -0.141. The van der Waals surface area contributed by atoms with E-state index >= 15 is 0 Å². The Labute approximate surface area is 130 Å². The van der Waals surface area contributed by atoms with Crippen molar-refractivity contribution in [3.05, 3.63) is 56.0 Å². The zero-order valence-corrected chi connectivity index (χ0v) is 13.7. The number of halogens is 1. The average molecular weight is 303 g/mol. The van der Waals surface area contributed by atoms with E-state index in [0.29, 0.717) is 0 Å². The van der Waals surface area contributed by atoms with E-state index in [0.717, 1.165) is 17.7 Å². The molecule has 0 saturated heterocycles. The molecule has 1 unspecified atom stereocenters. The average Bonchev–Trinajstić information content (AvgIpc) is 2.96. The van der Waals surface area contributed by atoms with Gasteiger partial charge in [0.1, 0.15) is 5.82 Å². The lowest BCUT2D eigenvalue weighted by atomic mass is 9.94. The summed E-state index contributed by atoms with van der Waals surface area (Å²) in [5.74, 6) is -0.141. The van der Waals surface area contributed by atoms with E-state index in [9.17, 15) is 4.39 Å². The highest BCUT2D eigenvalue weighted by molar-refractivity contribution is 7.12. The molecule has 3 rings (SSSR count). The van der Waals surface area contributed by atoms with Crippen LogP contribution in [-0.4, -0.2) is 6.54 Å². The van der Waals surface area contributed by atoms with Crippen LogP contribution in [0.3, 0.4) is 0 Å². The van der Waals surface area contributed by atoms with Crippen LogP contribution in [-0.2, 0) is 12.8 Å². The minimum Gasteiger partial charge on any atom is -0.306 e. The van der Waals surface area contributed by atoms with Gasteiger partial charge < -0.3 is 5.32 Å². The van der Waals surface area contributed by atoms with Gasteiger partial charge in [-0.15, -0.1) is 11.3 Å². The topological polar surface area (TPSA) is 12.0 Å². The number of hydrogen-bond acceptors (Lipinski definition) is 2. The summed E-state index contributed by atoms with van der Waals surface area (Å²) in [6.45, 7) is 7.06. The Bertz CT molecular complexity index is 615. The van der Waals surface area contributed by atoms with Gasteiger partial charge in [0.15, 0.2) is 0 Å². The predicted molar refractivity (Wildman–Crippen MR) is 87.7 cm³/mol. The van der Waals surface area contributed by atoms with Crippen LogP contribution in [0.4, 0.5) is 4.39 Å². The largest absolute Gasteiger partial charge is 0.306 e. The summed E-state index contributed by atoms with van der Waals surface area (Å²) < 4.78 is 13.6. The van der Waals surface area contributed by atoms with Gasteiger partial charge in [-0.05, 0) is 80.1 Å². The Kier molecular flexibility index (Phi) is 4.14. The minimum absolute atomic E-state index is 0.141. The molecule has 2 aromatic rings. The first-order valence-corrected chi connectivity index (χ1v) is 8.53. The SMILES string of the molecule is CCNC(c1cc2c(s1)CCC2)c1c(C)cc(F)cc1C. The van der Waals surface area contributed by atoms with Gasteiger partial charge in [-0.1, -0.05) is 6.92 Å². The number of rotatable bonds is 4. The summed E-state index contributed by atoms with van der Waals surface area (Å²) in [5.41, 5.74) is 4.83. The maximum atomic E-state index is 13.6. The van der Waals surface area contributed by atoms with Crippen molar-refractivity contribution in [1.29, 1.82) is 0 Å². The molecule has 1 aliphatic carbocycles. The number of benzene rings is 1. The normalized spacial score (nSPS) is 15.2. The second-order valence-corrected chi connectivity index (χ2v) is 7.06. The molecule has 0 amide bonds. The van der Waals surface area contributed by atoms with Gasteiger partial charge in [-0.25, -0.2) is 4.39 Å². The first-order chi connectivity index (χ1) is 10.1. The Hall–Kier alpha value is -1.19. The fraction of sp³-hybridized carbons (Fsp3) is 0.444. The fourth-order valence-electron chi connectivity index (χ4n) is 3.42. The van der Waals surface area contributed by atoms with E-state index in [1.165, 1.54) is 35.3 Å². The second kappa shape index (κ2) is 5.90. The Balaban J connectivity index is 2.05. The van der Waals surface area contributed by atoms with E-state index in [1.54, 1.807) is 17.0 Å². The lowest BCUT2D eigenvalue weighted by molar-refractivity contribution is 0.610. The summed E-state index contributed by atoms with van der Waals surface area (Å²) >= 11 is 1.93. The zero-order valence-electron chi connectivity index (χ0n) is 12.9. The van der Waals surface area contributed by atoms with E-state index in [-0.39, 0.29) is 11.9 Å². The van der Waals surface area contributed by atoms with E-state index in [4.69, 9.17) is 0 Å². The van der Waals surface area contributed by atoms with Crippen LogP contribution in [0.15, 0.2) is 18.2 Å². The molecule has 0 fully saturated rings. The van der Waals surface area contributed by atoms with Crippen molar-refractivity contribution in [2.45, 2.75) is 46.1 Å². The van der Waals surface area contributed by atoms with Crippen LogP contribution in [0, 0.1) is 19.7 Å². The number of aryl methyl sites for hydroxylation is 4. The molecule has 0 radical (unpaired) electrons. The molecule has 1 heterocycles. The van der Waals surface area contributed by atoms with E-state index in [1.807, 2.05) is 25.2 Å². The Morgan fingerprint density at radius 3 is 2.52 bits per heavy atom. The summed E-state index contributed by atoms with van der Waals surface area (Å²) in [7, 11) is 0. The molecule has 1 aromatic carbocycles. The molecule has 1 nitrogen and oxygen atoms in total. The molecule has 0 spiro atoms. The lowest BCUT2D eigenvalue weighted by Crippen LogP contribution is -2.23. The molecular weight excluding hydrogens is 281 g/mol. The van der Waals surface area contributed by atoms with Crippen LogP contribution in [0.25, 0.3) is 0 Å². The molecule has 112 valence electrons. The van der Waals surface area contributed by atoms with Gasteiger partial charge in [-0.2, -0.15) is 0 Å². The predicted octanol–water partition coefficient (Wildman–Crippen LogP) is 4.69. The van der Waals surface area contributed by atoms with Gasteiger partial charge in [0.05, 0.1) is 6.04 Å². The van der Waals surface area contributed by atoms with Crippen LogP contribution in [0.5, 0.6) is 0 Å². The van der Waals surface area contributed by atoms with E-state index in [2.05, 4.69) is 18.3 Å². The van der Waals surface area contributed by atoms with Crippen molar-refractivity contribution in [2.75, 3.05) is 6.54 Å². The lowest BCUT2D eigenvalue weighted by Gasteiger charge is -2.22. The van der Waals surface area contributed by atoms with Gasteiger partial charge in [0.25, 0.3) is 0 Å². The third-order valence-corrected chi connectivity index (χ3v) is 5.61. The molecule has 21 heavy (non-hydrogen) atoms. The van der Waals surface area contributed by atoms with Crippen LogP contribution in [0.1, 0.15) is 51.4 Å². The quantitative estimate of drug-likeness (QED) is 0.864. The maximum Gasteiger partial charge on any atom is 0.123 e. The smallest absolute Gasteiger partial charge is 0.123 e. The first-order valence-electron chi connectivity index (χ1n) is 7.71.